The van der Waals surface area contributed by atoms with Crippen molar-refractivity contribution in [1.29, 1.82) is 5.26 Å². The molecule has 0 aliphatic heterocycles. The molecule has 0 saturated carbocycles. The summed E-state index contributed by atoms with van der Waals surface area (Å²) in [6.07, 6.45) is -0.766. The molecule has 2 N–H and O–H groups in total. The zero-order valence-corrected chi connectivity index (χ0v) is 15.3. The Labute approximate surface area is 152 Å². The number of esters is 1. The van der Waals surface area contributed by atoms with Gasteiger partial charge in [-0.15, -0.1) is 0 Å². The molecule has 8 heteroatoms. The van der Waals surface area contributed by atoms with Crippen LogP contribution in [0.1, 0.15) is 39.2 Å². The molecule has 0 aliphatic rings. The van der Waals surface area contributed by atoms with Crippen molar-refractivity contribution >= 4 is 23.7 Å². The van der Waals surface area contributed by atoms with E-state index in [1.807, 2.05) is 6.07 Å². The number of alkyl carbamates (subject to hydrolysis) is 1. The van der Waals surface area contributed by atoms with Gasteiger partial charge in [-0.3, -0.25) is 4.79 Å². The molecule has 0 radical (unpaired) electrons. The van der Waals surface area contributed by atoms with Gasteiger partial charge in [0.05, 0.1) is 18.7 Å². The number of nitriles is 1. The second-order valence-corrected chi connectivity index (χ2v) is 6.50. The average molecular weight is 361 g/mol. The highest BCUT2D eigenvalue weighted by atomic mass is 16.6. The van der Waals surface area contributed by atoms with Crippen LogP contribution in [0.15, 0.2) is 24.3 Å². The fourth-order valence-electron chi connectivity index (χ4n) is 2.01. The number of nitrogens with zero attached hydrogens (tertiary/aromatic N) is 1. The maximum absolute atomic E-state index is 12.1. The van der Waals surface area contributed by atoms with E-state index in [9.17, 15) is 14.4 Å². The summed E-state index contributed by atoms with van der Waals surface area (Å²) in [7, 11) is 1.19. The Morgan fingerprint density at radius 2 is 1.96 bits per heavy atom. The van der Waals surface area contributed by atoms with Crippen LogP contribution in [0, 0.1) is 11.3 Å². The maximum atomic E-state index is 12.1. The predicted molar refractivity (Wildman–Crippen MR) is 94.2 cm³/mol. The van der Waals surface area contributed by atoms with Gasteiger partial charge in [0.1, 0.15) is 11.6 Å². The number of rotatable bonds is 6. The second kappa shape index (κ2) is 9.42. The summed E-state index contributed by atoms with van der Waals surface area (Å²) < 4.78 is 9.75. The van der Waals surface area contributed by atoms with Crippen molar-refractivity contribution in [1.82, 2.24) is 5.32 Å². The zero-order chi connectivity index (χ0) is 19.7. The first-order valence-corrected chi connectivity index (χ1v) is 8.02. The summed E-state index contributed by atoms with van der Waals surface area (Å²) in [5.41, 5.74) is 0.180. The molecular weight excluding hydrogens is 338 g/mol. The fourth-order valence-corrected chi connectivity index (χ4v) is 2.01. The Balaban J connectivity index is 2.62. The topological polar surface area (TPSA) is 118 Å². The summed E-state index contributed by atoms with van der Waals surface area (Å²) >= 11 is 0. The van der Waals surface area contributed by atoms with E-state index in [4.69, 9.17) is 10.00 Å². The number of amides is 2. The van der Waals surface area contributed by atoms with Gasteiger partial charge in [-0.25, -0.2) is 9.59 Å². The molecule has 2 amide bonds. The molecule has 26 heavy (non-hydrogen) atoms. The zero-order valence-electron chi connectivity index (χ0n) is 15.3. The van der Waals surface area contributed by atoms with E-state index in [-0.39, 0.29) is 18.7 Å². The van der Waals surface area contributed by atoms with Crippen molar-refractivity contribution in [2.75, 3.05) is 12.4 Å². The summed E-state index contributed by atoms with van der Waals surface area (Å²) in [6.45, 7) is 5.09. The fraction of sp³-hybridized carbons (Fsp3) is 0.444. The molecule has 1 rings (SSSR count). The average Bonchev–Trinajstić information content (AvgIpc) is 2.56. The number of nitrogens with one attached hydrogen (secondary N) is 2. The van der Waals surface area contributed by atoms with Crippen LogP contribution in [0.3, 0.4) is 0 Å². The minimum atomic E-state index is -1.01. The summed E-state index contributed by atoms with van der Waals surface area (Å²) in [5, 5.41) is 13.9. The molecule has 0 heterocycles. The Bertz CT molecular complexity index is 704. The molecule has 1 atom stereocenters. The van der Waals surface area contributed by atoms with Crippen molar-refractivity contribution < 1.29 is 23.9 Å². The third-order valence-electron chi connectivity index (χ3n) is 3.11. The molecule has 0 aliphatic carbocycles. The van der Waals surface area contributed by atoms with Gasteiger partial charge in [-0.1, -0.05) is 6.07 Å². The highest BCUT2D eigenvalue weighted by molar-refractivity contribution is 5.91. The number of carbonyl (C=O) groups excluding carboxylic acids is 3. The molecule has 0 bridgehead atoms. The minimum absolute atomic E-state index is 0.0354. The quantitative estimate of drug-likeness (QED) is 0.751. The molecule has 140 valence electrons. The summed E-state index contributed by atoms with van der Waals surface area (Å²) in [4.78, 5) is 35.7. The lowest BCUT2D eigenvalue weighted by molar-refractivity contribution is -0.143. The minimum Gasteiger partial charge on any atom is -0.467 e. The highest BCUT2D eigenvalue weighted by Gasteiger charge is 2.25. The van der Waals surface area contributed by atoms with E-state index >= 15 is 0 Å². The standard InChI is InChI=1S/C18H23N3O5/c1-18(2,3)26-17(24)21-14(16(23)25-4)8-9-15(22)20-13-7-5-6-12(10-13)11-19/h5-7,10,14H,8-9H2,1-4H3,(H,20,22)(H,21,24)/t14-/m0/s1. The number of anilines is 1. The van der Waals surface area contributed by atoms with Gasteiger partial charge in [-0.2, -0.15) is 5.26 Å². The molecule has 1 aromatic rings. The Kier molecular flexibility index (Phi) is 7.59. The summed E-state index contributed by atoms with van der Waals surface area (Å²) in [6, 6.07) is 7.42. The largest absolute Gasteiger partial charge is 0.467 e. The lowest BCUT2D eigenvalue weighted by Crippen LogP contribution is -2.44. The number of hydrogen-bond donors (Lipinski definition) is 2. The normalized spacial score (nSPS) is 11.7. The predicted octanol–water partition coefficient (Wildman–Crippen LogP) is 2.34. The molecular formula is C18H23N3O5. The van der Waals surface area contributed by atoms with Gasteiger partial charge < -0.3 is 20.1 Å². The maximum Gasteiger partial charge on any atom is 0.408 e. The van der Waals surface area contributed by atoms with Crippen molar-refractivity contribution in [3.63, 3.8) is 0 Å². The van der Waals surface area contributed by atoms with Crippen LogP contribution >= 0.6 is 0 Å². The third-order valence-corrected chi connectivity index (χ3v) is 3.11. The van der Waals surface area contributed by atoms with Crippen molar-refractivity contribution in [2.45, 2.75) is 45.3 Å². The first-order chi connectivity index (χ1) is 12.1. The van der Waals surface area contributed by atoms with Gasteiger partial charge in [-0.05, 0) is 45.4 Å². The molecule has 0 aromatic heterocycles. The Hall–Kier alpha value is -3.08. The third kappa shape index (κ3) is 7.66. The first-order valence-electron chi connectivity index (χ1n) is 8.02. The van der Waals surface area contributed by atoms with Crippen LogP contribution in [-0.2, 0) is 19.1 Å². The van der Waals surface area contributed by atoms with E-state index < -0.39 is 23.7 Å². The number of carbonyl (C=O) groups is 3. The van der Waals surface area contributed by atoms with Crippen molar-refractivity contribution in [3.8, 4) is 6.07 Å². The second-order valence-electron chi connectivity index (χ2n) is 6.50. The molecule has 0 spiro atoms. The van der Waals surface area contributed by atoms with Gasteiger partial charge in [0, 0.05) is 12.1 Å². The molecule has 8 nitrogen and oxygen atoms in total. The van der Waals surface area contributed by atoms with Crippen molar-refractivity contribution in [3.05, 3.63) is 29.8 Å². The molecule has 1 aromatic carbocycles. The number of ether oxygens (including phenoxy) is 2. The van der Waals surface area contributed by atoms with Gasteiger partial charge in [0.15, 0.2) is 0 Å². The van der Waals surface area contributed by atoms with Crippen LogP contribution in [0.4, 0.5) is 10.5 Å². The van der Waals surface area contributed by atoms with E-state index in [0.29, 0.717) is 11.3 Å². The molecule has 0 unspecified atom stereocenters. The van der Waals surface area contributed by atoms with Crippen LogP contribution in [0.25, 0.3) is 0 Å². The van der Waals surface area contributed by atoms with E-state index in [0.717, 1.165) is 0 Å². The smallest absolute Gasteiger partial charge is 0.408 e. The van der Waals surface area contributed by atoms with Crippen LogP contribution in [0.5, 0.6) is 0 Å². The van der Waals surface area contributed by atoms with Crippen molar-refractivity contribution in [2.24, 2.45) is 0 Å². The lowest BCUT2D eigenvalue weighted by atomic mass is 10.1. The number of methoxy groups -OCH3 is 1. The van der Waals surface area contributed by atoms with E-state index in [2.05, 4.69) is 15.4 Å². The monoisotopic (exact) mass is 361 g/mol. The van der Waals surface area contributed by atoms with Crippen LogP contribution in [0.2, 0.25) is 0 Å². The Morgan fingerprint density at radius 3 is 2.54 bits per heavy atom. The summed E-state index contributed by atoms with van der Waals surface area (Å²) in [5.74, 6) is -1.03. The lowest BCUT2D eigenvalue weighted by Gasteiger charge is -2.22. The molecule has 0 saturated heterocycles. The van der Waals surface area contributed by atoms with Gasteiger partial charge in [0.2, 0.25) is 5.91 Å². The van der Waals surface area contributed by atoms with Crippen LogP contribution in [-0.4, -0.2) is 36.7 Å². The Morgan fingerprint density at radius 1 is 1.27 bits per heavy atom. The van der Waals surface area contributed by atoms with Crippen LogP contribution < -0.4 is 10.6 Å². The van der Waals surface area contributed by atoms with E-state index in [1.165, 1.54) is 13.2 Å². The highest BCUT2D eigenvalue weighted by Crippen LogP contribution is 2.12. The van der Waals surface area contributed by atoms with E-state index in [1.54, 1.807) is 39.0 Å². The first kappa shape index (κ1) is 21.0. The number of hydrogen-bond acceptors (Lipinski definition) is 6. The number of benzene rings is 1. The molecule has 0 fully saturated rings. The van der Waals surface area contributed by atoms with Gasteiger partial charge >= 0.3 is 12.1 Å². The SMILES string of the molecule is COC(=O)[C@H](CCC(=O)Nc1cccc(C#N)c1)NC(=O)OC(C)(C)C. The van der Waals surface area contributed by atoms with Gasteiger partial charge in [0.25, 0.3) is 0 Å².